The van der Waals surface area contributed by atoms with Gasteiger partial charge in [0.2, 0.25) is 5.95 Å². The summed E-state index contributed by atoms with van der Waals surface area (Å²) in [5.41, 5.74) is 4.16. The highest BCUT2D eigenvalue weighted by Crippen LogP contribution is 2.50. The van der Waals surface area contributed by atoms with E-state index < -0.39 is 12.1 Å². The maximum absolute atomic E-state index is 15.1. The van der Waals surface area contributed by atoms with Gasteiger partial charge in [-0.1, -0.05) is 58.4 Å². The van der Waals surface area contributed by atoms with Crippen LogP contribution in [-0.4, -0.2) is 14.8 Å². The Kier molecular flexibility index (Phi) is 4.17. The first-order valence-corrected chi connectivity index (χ1v) is 10.7. The fraction of sp³-hybridized carbons (Fsp3) is 0.0833. The van der Waals surface area contributed by atoms with Crippen LogP contribution in [0.2, 0.25) is 0 Å². The molecule has 0 unspecified atom stereocenters. The molecular formula is C24H16BrFN4O. The van der Waals surface area contributed by atoms with E-state index in [1.807, 2.05) is 54.6 Å². The number of fused-ring (bicyclic) bond motifs is 3. The molecule has 3 heterocycles. The van der Waals surface area contributed by atoms with Crippen molar-refractivity contribution in [3.8, 4) is 5.75 Å². The van der Waals surface area contributed by atoms with Crippen LogP contribution in [0.5, 0.6) is 5.75 Å². The van der Waals surface area contributed by atoms with Crippen LogP contribution in [0, 0.1) is 5.82 Å². The van der Waals surface area contributed by atoms with Gasteiger partial charge in [-0.25, -0.2) is 9.07 Å². The van der Waals surface area contributed by atoms with Gasteiger partial charge in [0.15, 0.2) is 0 Å². The van der Waals surface area contributed by atoms with E-state index >= 15 is 4.39 Å². The first kappa shape index (κ1) is 18.3. The molecule has 2 aliphatic heterocycles. The van der Waals surface area contributed by atoms with E-state index in [1.54, 1.807) is 16.8 Å². The summed E-state index contributed by atoms with van der Waals surface area (Å²) in [5.74, 6) is 1.03. The molecule has 1 aromatic heterocycles. The molecular weight excluding hydrogens is 459 g/mol. The zero-order chi connectivity index (χ0) is 20.9. The number of rotatable bonds is 2. The van der Waals surface area contributed by atoms with Gasteiger partial charge in [-0.05, 0) is 35.9 Å². The molecule has 152 valence electrons. The van der Waals surface area contributed by atoms with Crippen LogP contribution in [0.25, 0.3) is 5.70 Å². The summed E-state index contributed by atoms with van der Waals surface area (Å²) in [4.78, 5) is 4.37. The van der Waals surface area contributed by atoms with Crippen molar-refractivity contribution in [2.24, 2.45) is 0 Å². The SMILES string of the molecule is Fc1ccccc1[C@@H]1C2=C(Nc3ncnn31)c1ccccc1O[C@@H]2c1cccc(Br)c1. The summed E-state index contributed by atoms with van der Waals surface area (Å²) in [6.45, 7) is 0. The van der Waals surface area contributed by atoms with Crippen molar-refractivity contribution >= 4 is 27.6 Å². The zero-order valence-electron chi connectivity index (χ0n) is 16.2. The van der Waals surface area contributed by atoms with Gasteiger partial charge in [-0.2, -0.15) is 10.1 Å². The second-order valence-corrected chi connectivity index (χ2v) is 8.37. The van der Waals surface area contributed by atoms with Gasteiger partial charge in [0.1, 0.15) is 30.0 Å². The molecule has 4 aromatic rings. The first-order valence-electron chi connectivity index (χ1n) is 9.87. The van der Waals surface area contributed by atoms with Crippen LogP contribution in [-0.2, 0) is 0 Å². The molecule has 0 radical (unpaired) electrons. The van der Waals surface area contributed by atoms with Gasteiger partial charge in [-0.15, -0.1) is 0 Å². The Balaban J connectivity index is 1.66. The normalized spacial score (nSPS) is 19.0. The minimum absolute atomic E-state index is 0.297. The molecule has 0 spiro atoms. The zero-order valence-corrected chi connectivity index (χ0v) is 17.8. The Hall–Kier alpha value is -3.45. The smallest absolute Gasteiger partial charge is 0.226 e. The van der Waals surface area contributed by atoms with E-state index in [1.165, 1.54) is 12.4 Å². The van der Waals surface area contributed by atoms with Crippen molar-refractivity contribution in [2.45, 2.75) is 12.1 Å². The average molecular weight is 475 g/mol. The summed E-state index contributed by atoms with van der Waals surface area (Å²) in [6.07, 6.45) is 1.05. The number of nitrogens with zero attached hydrogens (tertiary/aromatic N) is 3. The molecule has 6 rings (SSSR count). The highest BCUT2D eigenvalue weighted by atomic mass is 79.9. The van der Waals surface area contributed by atoms with E-state index in [0.29, 0.717) is 11.5 Å². The Morgan fingerprint density at radius 3 is 2.71 bits per heavy atom. The van der Waals surface area contributed by atoms with E-state index in [9.17, 15) is 0 Å². The molecule has 1 N–H and O–H groups in total. The van der Waals surface area contributed by atoms with E-state index in [0.717, 1.165) is 32.6 Å². The number of halogens is 2. The summed E-state index contributed by atoms with van der Waals surface area (Å²) < 4.78 is 24.3. The molecule has 31 heavy (non-hydrogen) atoms. The van der Waals surface area contributed by atoms with Crippen LogP contribution in [0.1, 0.15) is 28.8 Å². The molecule has 0 saturated heterocycles. The lowest BCUT2D eigenvalue weighted by atomic mass is 9.84. The van der Waals surface area contributed by atoms with E-state index in [2.05, 4.69) is 31.3 Å². The number of anilines is 1. The molecule has 0 aliphatic carbocycles. The fourth-order valence-electron chi connectivity index (χ4n) is 4.36. The highest BCUT2D eigenvalue weighted by Gasteiger charge is 2.41. The third-order valence-corrected chi connectivity index (χ3v) is 6.17. The lowest BCUT2D eigenvalue weighted by Crippen LogP contribution is -2.32. The highest BCUT2D eigenvalue weighted by molar-refractivity contribution is 9.10. The Bertz CT molecular complexity index is 1350. The third kappa shape index (κ3) is 2.88. The van der Waals surface area contributed by atoms with Crippen molar-refractivity contribution in [2.75, 3.05) is 5.32 Å². The van der Waals surface area contributed by atoms with E-state index in [-0.39, 0.29) is 5.82 Å². The summed E-state index contributed by atoms with van der Waals surface area (Å²) in [7, 11) is 0. The van der Waals surface area contributed by atoms with Crippen molar-refractivity contribution in [3.05, 3.63) is 112 Å². The monoisotopic (exact) mass is 474 g/mol. The quantitative estimate of drug-likeness (QED) is 0.402. The van der Waals surface area contributed by atoms with Crippen LogP contribution >= 0.6 is 15.9 Å². The lowest BCUT2D eigenvalue weighted by Gasteiger charge is -2.39. The number of para-hydroxylation sites is 1. The van der Waals surface area contributed by atoms with Crippen LogP contribution in [0.15, 0.2) is 89.2 Å². The Morgan fingerprint density at radius 1 is 1.00 bits per heavy atom. The molecule has 0 fully saturated rings. The van der Waals surface area contributed by atoms with Gasteiger partial charge < -0.3 is 10.1 Å². The van der Waals surface area contributed by atoms with Gasteiger partial charge in [0.05, 0.1) is 5.70 Å². The van der Waals surface area contributed by atoms with Crippen molar-refractivity contribution in [3.63, 3.8) is 0 Å². The number of nitrogens with one attached hydrogen (secondary N) is 1. The topological polar surface area (TPSA) is 52.0 Å². The predicted octanol–water partition coefficient (Wildman–Crippen LogP) is 5.74. The van der Waals surface area contributed by atoms with Gasteiger partial charge in [0.25, 0.3) is 0 Å². The van der Waals surface area contributed by atoms with Crippen molar-refractivity contribution < 1.29 is 9.13 Å². The molecule has 7 heteroatoms. The van der Waals surface area contributed by atoms with Gasteiger partial charge >= 0.3 is 0 Å². The summed E-state index contributed by atoms with van der Waals surface area (Å²) >= 11 is 3.56. The van der Waals surface area contributed by atoms with Crippen LogP contribution in [0.4, 0.5) is 10.3 Å². The summed E-state index contributed by atoms with van der Waals surface area (Å²) in [5, 5.41) is 7.85. The fourth-order valence-corrected chi connectivity index (χ4v) is 4.77. The number of hydrogen-bond acceptors (Lipinski definition) is 4. The average Bonchev–Trinajstić information content (AvgIpc) is 3.26. The number of benzene rings is 3. The molecule has 0 saturated carbocycles. The van der Waals surface area contributed by atoms with Gasteiger partial charge in [0, 0.05) is 21.2 Å². The molecule has 5 nitrogen and oxygen atoms in total. The van der Waals surface area contributed by atoms with Crippen LogP contribution in [0.3, 0.4) is 0 Å². The maximum Gasteiger partial charge on any atom is 0.226 e. The van der Waals surface area contributed by atoms with Crippen molar-refractivity contribution in [1.82, 2.24) is 14.8 Å². The second kappa shape index (κ2) is 7.06. The maximum atomic E-state index is 15.1. The first-order chi connectivity index (χ1) is 15.2. The Labute approximate surface area is 186 Å². The van der Waals surface area contributed by atoms with Gasteiger partial charge in [-0.3, -0.25) is 0 Å². The largest absolute Gasteiger partial charge is 0.480 e. The number of ether oxygens (including phenoxy) is 1. The van der Waals surface area contributed by atoms with Crippen LogP contribution < -0.4 is 10.1 Å². The minimum atomic E-state index is -0.507. The number of hydrogen-bond donors (Lipinski definition) is 1. The standard InChI is InChI=1S/C24H16BrFN4O/c25-15-7-5-6-14(12-15)23-20-21(17-9-2-4-11-19(17)31-23)29-24-27-13-28-30(24)22(20)16-8-1-3-10-18(16)26/h1-13,22-23H,(H,27,28,29)/t22-,23-/m1/s1. The minimum Gasteiger partial charge on any atom is -0.480 e. The lowest BCUT2D eigenvalue weighted by molar-refractivity contribution is 0.222. The summed E-state index contributed by atoms with van der Waals surface area (Å²) in [6, 6.07) is 22.1. The van der Waals surface area contributed by atoms with E-state index in [4.69, 9.17) is 4.74 Å². The molecule has 2 atom stereocenters. The number of aromatic nitrogens is 3. The molecule has 3 aromatic carbocycles. The van der Waals surface area contributed by atoms with Crippen molar-refractivity contribution in [1.29, 1.82) is 0 Å². The molecule has 0 amide bonds. The predicted molar refractivity (Wildman–Crippen MR) is 119 cm³/mol. The second-order valence-electron chi connectivity index (χ2n) is 7.46. The third-order valence-electron chi connectivity index (χ3n) is 5.67. The molecule has 2 aliphatic rings. The Morgan fingerprint density at radius 2 is 1.84 bits per heavy atom. The molecule has 0 bridgehead atoms.